The van der Waals surface area contributed by atoms with Gasteiger partial charge in [-0.2, -0.15) is 0 Å². The normalized spacial score (nSPS) is 49.2. The van der Waals surface area contributed by atoms with Crippen molar-refractivity contribution < 1.29 is 24.1 Å². The first-order valence-corrected chi connectivity index (χ1v) is 3.76. The lowest BCUT2D eigenvalue weighted by Crippen LogP contribution is -2.55. The highest BCUT2D eigenvalue weighted by molar-refractivity contribution is 4.87. The van der Waals surface area contributed by atoms with Gasteiger partial charge in [0.1, 0.15) is 12.2 Å². The van der Waals surface area contributed by atoms with Crippen molar-refractivity contribution in [1.29, 1.82) is 0 Å². The number of aliphatic hydroxyl groups is 2. The van der Waals surface area contributed by atoms with E-state index in [0.29, 0.717) is 0 Å². The molecule has 0 saturated carbocycles. The summed E-state index contributed by atoms with van der Waals surface area (Å²) in [5, 5.41) is 18.3. The zero-order chi connectivity index (χ0) is 9.30. The van der Waals surface area contributed by atoms with Crippen molar-refractivity contribution in [2.75, 3.05) is 7.11 Å². The van der Waals surface area contributed by atoms with Gasteiger partial charge in [-0.15, -0.1) is 0 Å². The van der Waals surface area contributed by atoms with E-state index in [0.717, 1.165) is 0 Å². The average Bonchev–Trinajstić information content (AvgIpc) is 2.08. The number of ether oxygens (including phenoxy) is 2. The Labute approximate surface area is 69.9 Å². The number of aliphatic hydroxyl groups excluding tert-OH is 2. The van der Waals surface area contributed by atoms with Crippen LogP contribution in [-0.2, 0) is 9.47 Å². The minimum Gasteiger partial charge on any atom is -0.388 e. The third-order valence-electron chi connectivity index (χ3n) is 2.00. The second-order valence-electron chi connectivity index (χ2n) is 2.87. The van der Waals surface area contributed by atoms with E-state index in [2.05, 4.69) is 4.74 Å². The summed E-state index contributed by atoms with van der Waals surface area (Å²) >= 11 is 0. The number of methoxy groups -OCH3 is 1. The topological polar surface area (TPSA) is 58.9 Å². The summed E-state index contributed by atoms with van der Waals surface area (Å²) < 4.78 is 22.6. The Balaban J connectivity index is 2.63. The minimum atomic E-state index is -1.69. The van der Waals surface area contributed by atoms with E-state index in [9.17, 15) is 4.39 Å². The summed E-state index contributed by atoms with van der Waals surface area (Å²) in [4.78, 5) is 0. The summed E-state index contributed by atoms with van der Waals surface area (Å²) in [6, 6.07) is 0. The Bertz CT molecular complexity index is 150. The Morgan fingerprint density at radius 1 is 1.33 bits per heavy atom. The summed E-state index contributed by atoms with van der Waals surface area (Å²) in [5.74, 6) is 0. The van der Waals surface area contributed by atoms with Crippen LogP contribution in [0.5, 0.6) is 0 Å². The van der Waals surface area contributed by atoms with Crippen molar-refractivity contribution in [3.05, 3.63) is 0 Å². The highest BCUT2D eigenvalue weighted by Crippen LogP contribution is 2.23. The summed E-state index contributed by atoms with van der Waals surface area (Å²) in [6.07, 6.45) is -6.01. The van der Waals surface area contributed by atoms with Crippen molar-refractivity contribution in [2.45, 2.75) is 37.7 Å². The van der Waals surface area contributed by atoms with Crippen LogP contribution in [0.15, 0.2) is 0 Å². The van der Waals surface area contributed by atoms with E-state index in [1.807, 2.05) is 0 Å². The summed E-state index contributed by atoms with van der Waals surface area (Å²) in [7, 11) is 1.29. The summed E-state index contributed by atoms with van der Waals surface area (Å²) in [6.45, 7) is 1.55. The first-order valence-electron chi connectivity index (χ1n) is 3.76. The molecule has 5 heteroatoms. The molecule has 0 bridgehead atoms. The van der Waals surface area contributed by atoms with Crippen LogP contribution in [0.25, 0.3) is 0 Å². The molecule has 0 aromatic heterocycles. The zero-order valence-electron chi connectivity index (χ0n) is 6.98. The molecule has 0 amide bonds. The maximum absolute atomic E-state index is 13.0. The fraction of sp³-hybridized carbons (Fsp3) is 1.00. The van der Waals surface area contributed by atoms with Gasteiger partial charge in [-0.25, -0.2) is 4.39 Å². The van der Waals surface area contributed by atoms with Gasteiger partial charge in [0.15, 0.2) is 12.5 Å². The molecule has 0 aromatic carbocycles. The quantitative estimate of drug-likeness (QED) is 0.567. The van der Waals surface area contributed by atoms with Gasteiger partial charge >= 0.3 is 0 Å². The van der Waals surface area contributed by atoms with E-state index in [1.165, 1.54) is 7.11 Å². The Hall–Kier alpha value is -0.230. The lowest BCUT2D eigenvalue weighted by atomic mass is 10.0. The van der Waals surface area contributed by atoms with Crippen LogP contribution in [0.1, 0.15) is 6.92 Å². The fourth-order valence-electron chi connectivity index (χ4n) is 1.18. The molecule has 1 saturated heterocycles. The van der Waals surface area contributed by atoms with Crippen LogP contribution in [-0.4, -0.2) is 48.1 Å². The van der Waals surface area contributed by atoms with Crippen molar-refractivity contribution in [3.8, 4) is 0 Å². The molecule has 2 N–H and O–H groups in total. The van der Waals surface area contributed by atoms with E-state index < -0.39 is 30.8 Å². The number of alkyl halides is 1. The molecule has 0 aromatic rings. The predicted octanol–water partition coefficient (Wildman–Crippen LogP) is -0.563. The predicted molar refractivity (Wildman–Crippen MR) is 38.3 cm³/mol. The molecule has 0 radical (unpaired) electrons. The molecule has 1 aliphatic heterocycles. The van der Waals surface area contributed by atoms with Gasteiger partial charge in [-0.1, -0.05) is 0 Å². The lowest BCUT2D eigenvalue weighted by molar-refractivity contribution is -0.270. The molecule has 1 unspecified atom stereocenters. The van der Waals surface area contributed by atoms with E-state index >= 15 is 0 Å². The van der Waals surface area contributed by atoms with Gasteiger partial charge < -0.3 is 19.7 Å². The number of halogens is 1. The Kier molecular flexibility index (Phi) is 3.00. The highest BCUT2D eigenvalue weighted by Gasteiger charge is 2.43. The number of hydrogen-bond acceptors (Lipinski definition) is 4. The molecule has 5 atom stereocenters. The average molecular weight is 180 g/mol. The zero-order valence-corrected chi connectivity index (χ0v) is 6.98. The minimum absolute atomic E-state index is 0.614. The van der Waals surface area contributed by atoms with Crippen molar-refractivity contribution in [3.63, 3.8) is 0 Å². The van der Waals surface area contributed by atoms with Crippen LogP contribution in [0.3, 0.4) is 0 Å². The molecule has 4 nitrogen and oxygen atoms in total. The molecular formula is C7H13FO4. The van der Waals surface area contributed by atoms with Crippen molar-refractivity contribution in [2.24, 2.45) is 0 Å². The lowest BCUT2D eigenvalue weighted by Gasteiger charge is -2.37. The van der Waals surface area contributed by atoms with Crippen LogP contribution in [0, 0.1) is 0 Å². The van der Waals surface area contributed by atoms with E-state index in [-0.39, 0.29) is 0 Å². The van der Waals surface area contributed by atoms with Crippen LogP contribution < -0.4 is 0 Å². The van der Waals surface area contributed by atoms with Crippen LogP contribution in [0.4, 0.5) is 4.39 Å². The van der Waals surface area contributed by atoms with Gasteiger partial charge in [0.2, 0.25) is 0 Å². The molecule has 12 heavy (non-hydrogen) atoms. The van der Waals surface area contributed by atoms with Crippen LogP contribution >= 0.6 is 0 Å². The monoisotopic (exact) mass is 180 g/mol. The molecule has 0 spiro atoms. The second-order valence-corrected chi connectivity index (χ2v) is 2.87. The molecular weight excluding hydrogens is 167 g/mol. The fourth-order valence-corrected chi connectivity index (χ4v) is 1.18. The van der Waals surface area contributed by atoms with Gasteiger partial charge in [-0.3, -0.25) is 0 Å². The first-order chi connectivity index (χ1) is 5.57. The maximum atomic E-state index is 13.0. The van der Waals surface area contributed by atoms with Gasteiger partial charge in [0, 0.05) is 7.11 Å². The second kappa shape index (κ2) is 3.66. The molecule has 72 valence electrons. The third-order valence-corrected chi connectivity index (χ3v) is 2.00. The molecule has 0 aliphatic carbocycles. The Morgan fingerprint density at radius 3 is 2.42 bits per heavy atom. The molecule has 1 aliphatic rings. The van der Waals surface area contributed by atoms with Crippen molar-refractivity contribution >= 4 is 0 Å². The first kappa shape index (κ1) is 9.85. The van der Waals surface area contributed by atoms with Gasteiger partial charge in [0.25, 0.3) is 0 Å². The summed E-state index contributed by atoms with van der Waals surface area (Å²) in [5.41, 5.74) is 0. The van der Waals surface area contributed by atoms with Gasteiger partial charge in [-0.05, 0) is 6.92 Å². The SMILES string of the molecule is COC1O[C@@H](C)[C@@H](O)[C@@H](O)[C@H]1F. The Morgan fingerprint density at radius 2 is 1.92 bits per heavy atom. The molecule has 1 heterocycles. The standard InChI is InChI=1S/C7H13FO4/c1-3-5(9)6(10)4(8)7(11-2)12-3/h3-7,9-10H,1-2H3/t3-,4+,5+,6-,7?/m0/s1. The van der Waals surface area contributed by atoms with Gasteiger partial charge in [0.05, 0.1) is 6.10 Å². The number of rotatable bonds is 1. The van der Waals surface area contributed by atoms with E-state index in [4.69, 9.17) is 14.9 Å². The molecule has 1 fully saturated rings. The molecule has 1 rings (SSSR count). The largest absolute Gasteiger partial charge is 0.388 e. The van der Waals surface area contributed by atoms with Crippen molar-refractivity contribution in [1.82, 2.24) is 0 Å². The maximum Gasteiger partial charge on any atom is 0.191 e. The highest BCUT2D eigenvalue weighted by atomic mass is 19.1. The van der Waals surface area contributed by atoms with E-state index in [1.54, 1.807) is 6.92 Å². The smallest absolute Gasteiger partial charge is 0.191 e. The third kappa shape index (κ3) is 1.59. The number of hydrogen-bond donors (Lipinski definition) is 2. The van der Waals surface area contributed by atoms with Crippen LogP contribution in [0.2, 0.25) is 0 Å².